The van der Waals surface area contributed by atoms with Crippen LogP contribution in [0.2, 0.25) is 0 Å². The standard InChI is InChI=1S/C17H23N5O3/c1-17(2,3)24-16(23)22-10-8-21(9-11-22)14(15-19-12-20-25-15)13-4-6-18-7-5-13/h4-7,12,14H,8-11H2,1-3H3. The first-order valence-electron chi connectivity index (χ1n) is 8.32. The Labute approximate surface area is 146 Å². The molecule has 1 aliphatic heterocycles. The van der Waals surface area contributed by atoms with Crippen LogP contribution < -0.4 is 0 Å². The van der Waals surface area contributed by atoms with Crippen LogP contribution in [0.15, 0.2) is 35.4 Å². The summed E-state index contributed by atoms with van der Waals surface area (Å²) in [6.07, 6.45) is 4.62. The zero-order valence-corrected chi connectivity index (χ0v) is 14.8. The number of carbonyl (C=O) groups is 1. The van der Waals surface area contributed by atoms with Gasteiger partial charge in [0.2, 0.25) is 5.89 Å². The molecular weight excluding hydrogens is 322 g/mol. The van der Waals surface area contributed by atoms with Gasteiger partial charge in [-0.05, 0) is 38.5 Å². The molecule has 0 spiro atoms. The maximum Gasteiger partial charge on any atom is 0.410 e. The van der Waals surface area contributed by atoms with Crippen molar-refractivity contribution in [3.63, 3.8) is 0 Å². The van der Waals surface area contributed by atoms with Gasteiger partial charge in [-0.2, -0.15) is 4.98 Å². The van der Waals surface area contributed by atoms with Gasteiger partial charge in [0.05, 0.1) is 0 Å². The minimum absolute atomic E-state index is 0.147. The molecular formula is C17H23N5O3. The maximum atomic E-state index is 12.2. The average Bonchev–Trinajstić information content (AvgIpc) is 3.09. The van der Waals surface area contributed by atoms with Crippen LogP contribution in [-0.4, -0.2) is 62.8 Å². The van der Waals surface area contributed by atoms with E-state index in [4.69, 9.17) is 9.26 Å². The van der Waals surface area contributed by atoms with Crippen LogP contribution in [0.3, 0.4) is 0 Å². The van der Waals surface area contributed by atoms with E-state index in [2.05, 4.69) is 20.0 Å². The first-order chi connectivity index (χ1) is 11.9. The van der Waals surface area contributed by atoms with Crippen molar-refractivity contribution in [2.24, 2.45) is 0 Å². The molecule has 0 bridgehead atoms. The fraction of sp³-hybridized carbons (Fsp3) is 0.529. The van der Waals surface area contributed by atoms with E-state index in [9.17, 15) is 4.79 Å². The van der Waals surface area contributed by atoms with Crippen molar-refractivity contribution in [1.82, 2.24) is 24.9 Å². The molecule has 0 radical (unpaired) electrons. The van der Waals surface area contributed by atoms with Crippen LogP contribution in [-0.2, 0) is 4.74 Å². The minimum Gasteiger partial charge on any atom is -0.444 e. The SMILES string of the molecule is CC(C)(C)OC(=O)N1CCN(C(c2ccncc2)c2ncno2)CC1. The molecule has 1 saturated heterocycles. The predicted molar refractivity (Wildman–Crippen MR) is 89.8 cm³/mol. The van der Waals surface area contributed by atoms with E-state index in [1.165, 1.54) is 6.33 Å². The van der Waals surface area contributed by atoms with E-state index in [0.717, 1.165) is 5.56 Å². The van der Waals surface area contributed by atoms with Gasteiger partial charge < -0.3 is 14.2 Å². The maximum absolute atomic E-state index is 12.2. The topological polar surface area (TPSA) is 84.6 Å². The van der Waals surface area contributed by atoms with Crippen molar-refractivity contribution < 1.29 is 14.1 Å². The Kier molecular flexibility index (Phi) is 4.98. The number of carbonyl (C=O) groups excluding carboxylic acids is 1. The summed E-state index contributed by atoms with van der Waals surface area (Å²) in [6, 6.07) is 3.73. The second kappa shape index (κ2) is 7.18. The third-order valence-electron chi connectivity index (χ3n) is 3.97. The summed E-state index contributed by atoms with van der Waals surface area (Å²) in [4.78, 5) is 24.5. The molecule has 0 aromatic carbocycles. The molecule has 2 aromatic heterocycles. The molecule has 8 heteroatoms. The van der Waals surface area contributed by atoms with Crippen LogP contribution in [0, 0.1) is 0 Å². The van der Waals surface area contributed by atoms with Crippen molar-refractivity contribution in [1.29, 1.82) is 0 Å². The number of hydrogen-bond donors (Lipinski definition) is 0. The van der Waals surface area contributed by atoms with Crippen LogP contribution in [0.1, 0.15) is 38.3 Å². The van der Waals surface area contributed by atoms with Crippen LogP contribution in [0.4, 0.5) is 4.79 Å². The third-order valence-corrected chi connectivity index (χ3v) is 3.97. The Morgan fingerprint density at radius 1 is 1.20 bits per heavy atom. The van der Waals surface area contributed by atoms with Crippen LogP contribution in [0.25, 0.3) is 0 Å². The first kappa shape index (κ1) is 17.3. The molecule has 1 amide bonds. The molecule has 0 saturated carbocycles. The van der Waals surface area contributed by atoms with E-state index in [1.807, 2.05) is 32.9 Å². The molecule has 3 heterocycles. The van der Waals surface area contributed by atoms with Gasteiger partial charge in [-0.3, -0.25) is 9.88 Å². The Morgan fingerprint density at radius 2 is 1.88 bits per heavy atom. The second-order valence-corrected chi connectivity index (χ2v) is 6.97. The summed E-state index contributed by atoms with van der Waals surface area (Å²) >= 11 is 0. The van der Waals surface area contributed by atoms with Crippen molar-refractivity contribution in [2.45, 2.75) is 32.4 Å². The van der Waals surface area contributed by atoms with Gasteiger partial charge in [0.15, 0.2) is 6.33 Å². The average molecular weight is 345 g/mol. The van der Waals surface area contributed by atoms with Crippen LogP contribution in [0.5, 0.6) is 0 Å². The molecule has 1 unspecified atom stereocenters. The van der Waals surface area contributed by atoms with E-state index < -0.39 is 5.60 Å². The molecule has 0 N–H and O–H groups in total. The molecule has 8 nitrogen and oxygen atoms in total. The van der Waals surface area contributed by atoms with Gasteiger partial charge in [0.25, 0.3) is 0 Å². The number of hydrogen-bond acceptors (Lipinski definition) is 7. The Balaban J connectivity index is 1.70. The lowest BCUT2D eigenvalue weighted by Gasteiger charge is -2.38. The molecule has 2 aromatic rings. The summed E-state index contributed by atoms with van der Waals surface area (Å²) in [5.41, 5.74) is 0.544. The van der Waals surface area contributed by atoms with Gasteiger partial charge in [-0.1, -0.05) is 5.16 Å². The number of amides is 1. The molecule has 25 heavy (non-hydrogen) atoms. The fourth-order valence-corrected chi connectivity index (χ4v) is 2.85. The highest BCUT2D eigenvalue weighted by molar-refractivity contribution is 5.68. The van der Waals surface area contributed by atoms with Gasteiger partial charge in [0.1, 0.15) is 11.6 Å². The largest absolute Gasteiger partial charge is 0.444 e. The summed E-state index contributed by atoms with van der Waals surface area (Å²) in [5, 5.41) is 3.73. The van der Waals surface area contributed by atoms with Crippen molar-refractivity contribution in [2.75, 3.05) is 26.2 Å². The smallest absolute Gasteiger partial charge is 0.410 e. The molecule has 3 rings (SSSR count). The quantitative estimate of drug-likeness (QED) is 0.842. The summed E-state index contributed by atoms with van der Waals surface area (Å²) < 4.78 is 10.8. The Hall–Kier alpha value is -2.48. The van der Waals surface area contributed by atoms with Crippen molar-refractivity contribution in [3.8, 4) is 0 Å². The number of piperazine rings is 1. The molecule has 0 aliphatic carbocycles. The number of nitrogens with zero attached hydrogens (tertiary/aromatic N) is 5. The Morgan fingerprint density at radius 3 is 2.44 bits per heavy atom. The number of pyridine rings is 1. The molecule has 1 aliphatic rings. The predicted octanol–water partition coefficient (Wildman–Crippen LogP) is 2.11. The summed E-state index contributed by atoms with van der Waals surface area (Å²) in [7, 11) is 0. The second-order valence-electron chi connectivity index (χ2n) is 6.97. The van der Waals surface area contributed by atoms with Gasteiger partial charge in [-0.15, -0.1) is 0 Å². The highest BCUT2D eigenvalue weighted by atomic mass is 16.6. The zero-order chi connectivity index (χ0) is 17.9. The van der Waals surface area contributed by atoms with Crippen LogP contribution >= 0.6 is 0 Å². The first-order valence-corrected chi connectivity index (χ1v) is 8.32. The zero-order valence-electron chi connectivity index (χ0n) is 14.8. The van der Waals surface area contributed by atoms with E-state index in [1.54, 1.807) is 17.3 Å². The normalized spacial score (nSPS) is 17.3. The lowest BCUT2D eigenvalue weighted by atomic mass is 10.1. The number of aromatic nitrogens is 3. The lowest BCUT2D eigenvalue weighted by molar-refractivity contribution is 0.0107. The van der Waals surface area contributed by atoms with E-state index >= 15 is 0 Å². The van der Waals surface area contributed by atoms with Gasteiger partial charge in [0, 0.05) is 38.6 Å². The molecule has 1 fully saturated rings. The fourth-order valence-electron chi connectivity index (χ4n) is 2.85. The van der Waals surface area contributed by atoms with Crippen molar-refractivity contribution in [3.05, 3.63) is 42.3 Å². The minimum atomic E-state index is -0.489. The van der Waals surface area contributed by atoms with E-state index in [0.29, 0.717) is 32.1 Å². The third kappa shape index (κ3) is 4.33. The molecule has 1 atom stereocenters. The highest BCUT2D eigenvalue weighted by Crippen LogP contribution is 2.28. The van der Waals surface area contributed by atoms with E-state index in [-0.39, 0.29) is 12.1 Å². The number of ether oxygens (including phenoxy) is 1. The van der Waals surface area contributed by atoms with Gasteiger partial charge in [-0.25, -0.2) is 4.79 Å². The highest BCUT2D eigenvalue weighted by Gasteiger charge is 2.32. The summed E-state index contributed by atoms with van der Waals surface area (Å²) in [6.45, 7) is 8.17. The molecule has 134 valence electrons. The summed E-state index contributed by atoms with van der Waals surface area (Å²) in [5.74, 6) is 0.539. The lowest BCUT2D eigenvalue weighted by Crippen LogP contribution is -2.51. The van der Waals surface area contributed by atoms with Gasteiger partial charge >= 0.3 is 6.09 Å². The Bertz CT molecular complexity index is 676. The number of rotatable bonds is 3. The monoisotopic (exact) mass is 345 g/mol. The van der Waals surface area contributed by atoms with Crippen molar-refractivity contribution >= 4 is 6.09 Å².